The largest absolute Gasteiger partial charge is 0.358 e. The quantitative estimate of drug-likeness (QED) is 0.608. The van der Waals surface area contributed by atoms with Crippen LogP contribution in [0.3, 0.4) is 0 Å². The van der Waals surface area contributed by atoms with Gasteiger partial charge in [-0.15, -0.1) is 0 Å². The van der Waals surface area contributed by atoms with Crippen molar-refractivity contribution in [1.29, 1.82) is 0 Å². The molecule has 2 N–H and O–H groups in total. The molecule has 0 unspecified atom stereocenters. The van der Waals surface area contributed by atoms with Crippen molar-refractivity contribution >= 4 is 32.6 Å². The van der Waals surface area contributed by atoms with E-state index < -0.39 is 21.7 Å². The number of ketones is 1. The summed E-state index contributed by atoms with van der Waals surface area (Å²) in [5, 5.41) is 3.46. The fourth-order valence-corrected chi connectivity index (χ4v) is 4.32. The van der Waals surface area contributed by atoms with Gasteiger partial charge in [0.2, 0.25) is 10.0 Å². The molecule has 0 atom stereocenters. The van der Waals surface area contributed by atoms with Crippen LogP contribution in [0.25, 0.3) is 10.9 Å². The van der Waals surface area contributed by atoms with Crippen LogP contribution in [0.4, 0.5) is 0 Å². The van der Waals surface area contributed by atoms with Crippen molar-refractivity contribution in [3.63, 3.8) is 0 Å². The molecule has 1 aromatic carbocycles. The first-order valence-corrected chi connectivity index (χ1v) is 10.5. The van der Waals surface area contributed by atoms with E-state index in [1.165, 1.54) is 10.6 Å². The van der Waals surface area contributed by atoms with Crippen molar-refractivity contribution in [3.8, 4) is 0 Å². The predicted molar refractivity (Wildman–Crippen MR) is 99.5 cm³/mol. The molecule has 7 nitrogen and oxygen atoms in total. The van der Waals surface area contributed by atoms with Crippen molar-refractivity contribution < 1.29 is 18.0 Å². The second-order valence-corrected chi connectivity index (χ2v) is 8.80. The summed E-state index contributed by atoms with van der Waals surface area (Å²) in [7, 11) is -3.16. The molecule has 0 spiro atoms. The van der Waals surface area contributed by atoms with Crippen LogP contribution in [-0.4, -0.2) is 55.3 Å². The number of aryl methyl sites for hydroxylation is 1. The van der Waals surface area contributed by atoms with E-state index in [9.17, 15) is 18.0 Å². The molecule has 1 aliphatic rings. The van der Waals surface area contributed by atoms with Crippen molar-refractivity contribution in [1.82, 2.24) is 14.6 Å². The Morgan fingerprint density at radius 1 is 1.23 bits per heavy atom. The number of fused-ring (bicyclic) bond motifs is 1. The number of hydrogen-bond donors (Lipinski definition) is 2. The molecule has 1 aliphatic heterocycles. The Labute approximate surface area is 152 Å². The SMILES string of the molecule is Cc1[nH]c2ccccc2c1C(=O)C(=O)NCC1CCN(S(C)(=O)=O)CC1. The maximum atomic E-state index is 12.6. The minimum absolute atomic E-state index is 0.175. The second-order valence-electron chi connectivity index (χ2n) is 6.82. The number of nitrogens with one attached hydrogen (secondary N) is 2. The summed E-state index contributed by atoms with van der Waals surface area (Å²) < 4.78 is 24.5. The third-order valence-corrected chi connectivity index (χ3v) is 6.22. The molecule has 3 rings (SSSR count). The van der Waals surface area contributed by atoms with Crippen molar-refractivity contribution in [2.24, 2.45) is 5.92 Å². The molecule has 1 aromatic heterocycles. The van der Waals surface area contributed by atoms with Gasteiger partial charge in [0, 0.05) is 36.2 Å². The normalized spacial score (nSPS) is 16.7. The van der Waals surface area contributed by atoms with Crippen molar-refractivity contribution in [3.05, 3.63) is 35.5 Å². The van der Waals surface area contributed by atoms with Crippen LogP contribution < -0.4 is 5.32 Å². The van der Waals surface area contributed by atoms with E-state index in [1.807, 2.05) is 24.3 Å². The smallest absolute Gasteiger partial charge is 0.292 e. The van der Waals surface area contributed by atoms with E-state index in [0.29, 0.717) is 43.7 Å². The number of para-hydroxylation sites is 1. The van der Waals surface area contributed by atoms with Crippen LogP contribution in [0.2, 0.25) is 0 Å². The fourth-order valence-electron chi connectivity index (χ4n) is 3.45. The van der Waals surface area contributed by atoms with Gasteiger partial charge in [0.25, 0.3) is 11.7 Å². The van der Waals surface area contributed by atoms with Gasteiger partial charge in [-0.3, -0.25) is 9.59 Å². The number of amides is 1. The Hall–Kier alpha value is -2.19. The molecule has 1 fully saturated rings. The lowest BCUT2D eigenvalue weighted by Crippen LogP contribution is -2.42. The van der Waals surface area contributed by atoms with Gasteiger partial charge < -0.3 is 10.3 Å². The predicted octanol–water partition coefficient (Wildman–Crippen LogP) is 1.45. The topological polar surface area (TPSA) is 99.3 Å². The number of Topliss-reactive ketones (excluding diaryl/α,β-unsaturated/α-hetero) is 1. The average Bonchev–Trinajstić information content (AvgIpc) is 2.94. The standard InChI is InChI=1S/C18H23N3O4S/c1-12-16(14-5-3-4-6-15(14)20-12)17(22)18(23)19-11-13-7-9-21(10-8-13)26(2,24)25/h3-6,13,20H,7-11H2,1-2H3,(H,19,23). The minimum Gasteiger partial charge on any atom is -0.358 e. The third kappa shape index (κ3) is 3.81. The number of piperidine rings is 1. The molecule has 140 valence electrons. The van der Waals surface area contributed by atoms with E-state index in [-0.39, 0.29) is 5.92 Å². The number of benzene rings is 1. The number of carbonyl (C=O) groups is 2. The van der Waals surface area contributed by atoms with Crippen LogP contribution in [0.1, 0.15) is 28.9 Å². The lowest BCUT2D eigenvalue weighted by Gasteiger charge is -2.30. The van der Waals surface area contributed by atoms with Gasteiger partial charge in [-0.1, -0.05) is 18.2 Å². The minimum atomic E-state index is -3.16. The van der Waals surface area contributed by atoms with E-state index in [2.05, 4.69) is 10.3 Å². The van der Waals surface area contributed by atoms with Crippen LogP contribution in [-0.2, 0) is 14.8 Å². The highest BCUT2D eigenvalue weighted by molar-refractivity contribution is 7.88. The van der Waals surface area contributed by atoms with Gasteiger partial charge in [-0.2, -0.15) is 0 Å². The number of carbonyl (C=O) groups excluding carboxylic acids is 2. The molecule has 0 bridgehead atoms. The number of hydrogen-bond acceptors (Lipinski definition) is 4. The molecular weight excluding hydrogens is 354 g/mol. The van der Waals surface area contributed by atoms with Crippen LogP contribution in [0, 0.1) is 12.8 Å². The van der Waals surface area contributed by atoms with Gasteiger partial charge in [-0.05, 0) is 31.7 Å². The highest BCUT2D eigenvalue weighted by Gasteiger charge is 2.27. The molecule has 1 amide bonds. The van der Waals surface area contributed by atoms with Gasteiger partial charge in [-0.25, -0.2) is 12.7 Å². The summed E-state index contributed by atoms with van der Waals surface area (Å²) in [6.07, 6.45) is 2.55. The fraction of sp³-hybridized carbons (Fsp3) is 0.444. The van der Waals surface area contributed by atoms with E-state index >= 15 is 0 Å². The Morgan fingerprint density at radius 3 is 2.54 bits per heavy atom. The summed E-state index contributed by atoms with van der Waals surface area (Å²) in [6, 6.07) is 7.39. The zero-order valence-electron chi connectivity index (χ0n) is 14.9. The number of H-pyrrole nitrogens is 1. The lowest BCUT2D eigenvalue weighted by molar-refractivity contribution is -0.117. The van der Waals surface area contributed by atoms with Crippen molar-refractivity contribution in [2.75, 3.05) is 25.9 Å². The summed E-state index contributed by atoms with van der Waals surface area (Å²) >= 11 is 0. The number of sulfonamides is 1. The zero-order valence-corrected chi connectivity index (χ0v) is 15.7. The Bertz CT molecular complexity index is 940. The van der Waals surface area contributed by atoms with Gasteiger partial charge >= 0.3 is 0 Å². The third-order valence-electron chi connectivity index (χ3n) is 4.92. The van der Waals surface area contributed by atoms with Crippen LogP contribution in [0.15, 0.2) is 24.3 Å². The maximum Gasteiger partial charge on any atom is 0.292 e. The maximum absolute atomic E-state index is 12.6. The summed E-state index contributed by atoms with van der Waals surface area (Å²) in [4.78, 5) is 28.0. The Kier molecular flexibility index (Phi) is 5.15. The van der Waals surface area contributed by atoms with Crippen molar-refractivity contribution in [2.45, 2.75) is 19.8 Å². The Balaban J connectivity index is 1.60. The number of nitrogens with zero attached hydrogens (tertiary/aromatic N) is 1. The summed E-state index contributed by atoms with van der Waals surface area (Å²) in [5.74, 6) is -0.995. The first kappa shape index (κ1) is 18.6. The first-order valence-electron chi connectivity index (χ1n) is 8.62. The molecule has 1 saturated heterocycles. The highest BCUT2D eigenvalue weighted by atomic mass is 32.2. The van der Waals surface area contributed by atoms with Crippen LogP contribution in [0.5, 0.6) is 0 Å². The molecule has 2 aromatic rings. The second kappa shape index (κ2) is 7.20. The zero-order chi connectivity index (χ0) is 18.9. The average molecular weight is 377 g/mol. The van der Waals surface area contributed by atoms with Crippen LogP contribution >= 0.6 is 0 Å². The molecular formula is C18H23N3O4S. The molecule has 2 heterocycles. The molecule has 26 heavy (non-hydrogen) atoms. The Morgan fingerprint density at radius 2 is 1.88 bits per heavy atom. The molecule has 8 heteroatoms. The van der Waals surface area contributed by atoms with E-state index in [4.69, 9.17) is 0 Å². The highest BCUT2D eigenvalue weighted by Crippen LogP contribution is 2.22. The molecule has 0 radical (unpaired) electrons. The van der Waals surface area contributed by atoms with Gasteiger partial charge in [0.05, 0.1) is 11.8 Å². The van der Waals surface area contributed by atoms with Gasteiger partial charge in [0.15, 0.2) is 0 Å². The lowest BCUT2D eigenvalue weighted by atomic mass is 9.98. The van der Waals surface area contributed by atoms with E-state index in [1.54, 1.807) is 6.92 Å². The molecule has 0 aliphatic carbocycles. The molecule has 0 saturated carbocycles. The van der Waals surface area contributed by atoms with Gasteiger partial charge in [0.1, 0.15) is 0 Å². The number of aromatic nitrogens is 1. The number of rotatable bonds is 5. The van der Waals surface area contributed by atoms with E-state index in [0.717, 1.165) is 10.9 Å². The number of aromatic amines is 1. The first-order chi connectivity index (χ1) is 12.3. The summed E-state index contributed by atoms with van der Waals surface area (Å²) in [5.41, 5.74) is 1.91. The monoisotopic (exact) mass is 377 g/mol. The summed E-state index contributed by atoms with van der Waals surface area (Å²) in [6.45, 7) is 3.06.